The zero-order valence-electron chi connectivity index (χ0n) is 10.3. The fourth-order valence-corrected chi connectivity index (χ4v) is 1.87. The molecule has 0 aromatic rings. The van der Waals surface area contributed by atoms with Crippen molar-refractivity contribution in [2.75, 3.05) is 26.2 Å². The van der Waals surface area contributed by atoms with Gasteiger partial charge in [-0.15, -0.1) is 12.4 Å². The third-order valence-electron chi connectivity index (χ3n) is 2.99. The van der Waals surface area contributed by atoms with Gasteiger partial charge in [-0.2, -0.15) is 0 Å². The molecule has 1 heterocycles. The van der Waals surface area contributed by atoms with E-state index in [9.17, 15) is 9.59 Å². The van der Waals surface area contributed by atoms with Gasteiger partial charge in [0, 0.05) is 13.1 Å². The Kier molecular flexibility index (Phi) is 7.91. The van der Waals surface area contributed by atoms with Crippen molar-refractivity contribution < 1.29 is 9.59 Å². The summed E-state index contributed by atoms with van der Waals surface area (Å²) >= 11 is 0. The summed E-state index contributed by atoms with van der Waals surface area (Å²) in [5.41, 5.74) is 5.14. The predicted octanol–water partition coefficient (Wildman–Crippen LogP) is 0.132. The van der Waals surface area contributed by atoms with E-state index in [-0.39, 0.29) is 37.3 Å². The standard InChI is InChI=1S/C11H21N3O2.ClH/c1-9-3-2-5-14(6-4-9)11(16)8-13-10(15)7-12;/h9H,2-8,12H2,1H3,(H,13,15);1H. The van der Waals surface area contributed by atoms with Crippen LogP contribution in [0.2, 0.25) is 0 Å². The highest BCUT2D eigenvalue weighted by atomic mass is 35.5. The predicted molar refractivity (Wildman–Crippen MR) is 68.9 cm³/mol. The molecule has 3 N–H and O–H groups in total. The Labute approximate surface area is 109 Å². The Morgan fingerprint density at radius 3 is 2.71 bits per heavy atom. The summed E-state index contributed by atoms with van der Waals surface area (Å²) < 4.78 is 0. The van der Waals surface area contributed by atoms with Crippen molar-refractivity contribution in [1.82, 2.24) is 10.2 Å². The first kappa shape index (κ1) is 16.2. The summed E-state index contributed by atoms with van der Waals surface area (Å²) in [4.78, 5) is 24.5. The summed E-state index contributed by atoms with van der Waals surface area (Å²) in [6, 6.07) is 0. The molecular formula is C11H22ClN3O2. The number of nitrogens with two attached hydrogens (primary N) is 1. The van der Waals surface area contributed by atoms with E-state index in [1.165, 1.54) is 6.42 Å². The highest BCUT2D eigenvalue weighted by Gasteiger charge is 2.18. The van der Waals surface area contributed by atoms with E-state index in [0.717, 1.165) is 25.9 Å². The van der Waals surface area contributed by atoms with E-state index < -0.39 is 0 Å². The lowest BCUT2D eigenvalue weighted by atomic mass is 10.0. The maximum absolute atomic E-state index is 11.7. The fraction of sp³-hybridized carbons (Fsp3) is 0.818. The van der Waals surface area contributed by atoms with Gasteiger partial charge in [0.1, 0.15) is 0 Å². The smallest absolute Gasteiger partial charge is 0.241 e. The van der Waals surface area contributed by atoms with Gasteiger partial charge in [-0.25, -0.2) is 0 Å². The number of hydrogen-bond donors (Lipinski definition) is 2. The Balaban J connectivity index is 0.00000256. The highest BCUT2D eigenvalue weighted by Crippen LogP contribution is 2.16. The lowest BCUT2D eigenvalue weighted by Gasteiger charge is -2.20. The van der Waals surface area contributed by atoms with Gasteiger partial charge in [-0.05, 0) is 25.2 Å². The molecule has 0 bridgehead atoms. The first-order valence-electron chi connectivity index (χ1n) is 5.88. The van der Waals surface area contributed by atoms with Crippen LogP contribution in [-0.2, 0) is 9.59 Å². The van der Waals surface area contributed by atoms with Crippen LogP contribution in [0.5, 0.6) is 0 Å². The maximum atomic E-state index is 11.7. The molecule has 0 saturated carbocycles. The molecule has 0 aliphatic carbocycles. The minimum Gasteiger partial charge on any atom is -0.346 e. The van der Waals surface area contributed by atoms with Gasteiger partial charge < -0.3 is 16.0 Å². The summed E-state index contributed by atoms with van der Waals surface area (Å²) in [6.45, 7) is 3.83. The van der Waals surface area contributed by atoms with Crippen molar-refractivity contribution in [3.05, 3.63) is 0 Å². The third-order valence-corrected chi connectivity index (χ3v) is 2.99. The number of carbonyl (C=O) groups is 2. The van der Waals surface area contributed by atoms with Crippen LogP contribution in [0.3, 0.4) is 0 Å². The van der Waals surface area contributed by atoms with Crippen molar-refractivity contribution in [1.29, 1.82) is 0 Å². The molecule has 5 nitrogen and oxygen atoms in total. The molecule has 1 aliphatic rings. The average molecular weight is 264 g/mol. The van der Waals surface area contributed by atoms with Crippen LogP contribution in [0.15, 0.2) is 0 Å². The van der Waals surface area contributed by atoms with E-state index in [4.69, 9.17) is 5.73 Å². The van der Waals surface area contributed by atoms with Crippen LogP contribution in [0.4, 0.5) is 0 Å². The lowest BCUT2D eigenvalue weighted by molar-refractivity contribution is -0.132. The van der Waals surface area contributed by atoms with Gasteiger partial charge in [0.05, 0.1) is 13.1 Å². The Morgan fingerprint density at radius 2 is 2.06 bits per heavy atom. The van der Waals surface area contributed by atoms with Gasteiger partial charge in [-0.3, -0.25) is 9.59 Å². The van der Waals surface area contributed by atoms with Gasteiger partial charge in [0.25, 0.3) is 0 Å². The van der Waals surface area contributed by atoms with Crippen molar-refractivity contribution in [2.45, 2.75) is 26.2 Å². The molecule has 1 aliphatic heterocycles. The van der Waals surface area contributed by atoms with Gasteiger partial charge in [-0.1, -0.05) is 6.92 Å². The van der Waals surface area contributed by atoms with E-state index in [0.29, 0.717) is 5.92 Å². The normalized spacial score (nSPS) is 20.1. The van der Waals surface area contributed by atoms with Gasteiger partial charge >= 0.3 is 0 Å². The molecule has 1 atom stereocenters. The van der Waals surface area contributed by atoms with Crippen molar-refractivity contribution in [3.63, 3.8) is 0 Å². The molecule has 17 heavy (non-hydrogen) atoms. The summed E-state index contributed by atoms with van der Waals surface area (Å²) in [5.74, 6) is 0.406. The SMILES string of the molecule is CC1CCCN(C(=O)CNC(=O)CN)CC1.Cl. The number of rotatable bonds is 3. The van der Waals surface area contributed by atoms with Crippen molar-refractivity contribution in [2.24, 2.45) is 11.7 Å². The molecular weight excluding hydrogens is 242 g/mol. The van der Waals surface area contributed by atoms with Crippen LogP contribution >= 0.6 is 12.4 Å². The molecule has 100 valence electrons. The largest absolute Gasteiger partial charge is 0.346 e. The second-order valence-electron chi connectivity index (χ2n) is 4.40. The topological polar surface area (TPSA) is 75.4 Å². The molecule has 6 heteroatoms. The molecule has 1 fully saturated rings. The Hall–Kier alpha value is -0.810. The van der Waals surface area contributed by atoms with E-state index >= 15 is 0 Å². The molecule has 1 saturated heterocycles. The number of halogens is 1. The number of hydrogen-bond acceptors (Lipinski definition) is 3. The Bertz CT molecular complexity index is 261. The molecule has 1 unspecified atom stereocenters. The summed E-state index contributed by atoms with van der Waals surface area (Å²) in [7, 11) is 0. The number of carbonyl (C=O) groups excluding carboxylic acids is 2. The summed E-state index contributed by atoms with van der Waals surface area (Å²) in [5, 5.41) is 2.51. The zero-order chi connectivity index (χ0) is 12.0. The van der Waals surface area contributed by atoms with Crippen LogP contribution in [-0.4, -0.2) is 42.9 Å². The molecule has 2 amide bonds. The van der Waals surface area contributed by atoms with E-state index in [1.807, 2.05) is 4.90 Å². The average Bonchev–Trinajstić information content (AvgIpc) is 2.50. The highest BCUT2D eigenvalue weighted by molar-refractivity contribution is 5.85. The van der Waals surface area contributed by atoms with Crippen LogP contribution in [0, 0.1) is 5.92 Å². The van der Waals surface area contributed by atoms with E-state index in [2.05, 4.69) is 12.2 Å². The van der Waals surface area contributed by atoms with Gasteiger partial charge in [0.2, 0.25) is 11.8 Å². The Morgan fingerprint density at radius 1 is 1.35 bits per heavy atom. The first-order valence-corrected chi connectivity index (χ1v) is 5.88. The maximum Gasteiger partial charge on any atom is 0.241 e. The number of likely N-dealkylation sites (tertiary alicyclic amines) is 1. The quantitative estimate of drug-likeness (QED) is 0.760. The first-order chi connectivity index (χ1) is 7.63. The monoisotopic (exact) mass is 263 g/mol. The van der Waals surface area contributed by atoms with Gasteiger partial charge in [0.15, 0.2) is 0 Å². The van der Waals surface area contributed by atoms with Crippen molar-refractivity contribution >= 4 is 24.2 Å². The minimum atomic E-state index is -0.281. The zero-order valence-corrected chi connectivity index (χ0v) is 11.1. The van der Waals surface area contributed by atoms with Crippen LogP contribution in [0.25, 0.3) is 0 Å². The number of nitrogens with one attached hydrogen (secondary N) is 1. The lowest BCUT2D eigenvalue weighted by Crippen LogP contribution is -2.42. The second-order valence-corrected chi connectivity index (χ2v) is 4.40. The molecule has 0 spiro atoms. The van der Waals surface area contributed by atoms with E-state index in [1.54, 1.807) is 0 Å². The minimum absolute atomic E-state index is 0. The molecule has 0 aromatic carbocycles. The summed E-state index contributed by atoms with van der Waals surface area (Å²) in [6.07, 6.45) is 3.28. The second kappa shape index (κ2) is 8.31. The van der Waals surface area contributed by atoms with Crippen LogP contribution < -0.4 is 11.1 Å². The molecule has 0 aromatic heterocycles. The number of nitrogens with zero attached hydrogens (tertiary/aromatic N) is 1. The number of amides is 2. The van der Waals surface area contributed by atoms with Crippen molar-refractivity contribution in [3.8, 4) is 0 Å². The third kappa shape index (κ3) is 5.89. The molecule has 1 rings (SSSR count). The van der Waals surface area contributed by atoms with Crippen LogP contribution in [0.1, 0.15) is 26.2 Å². The molecule has 0 radical (unpaired) electrons. The fourth-order valence-electron chi connectivity index (χ4n) is 1.87.